The molecule has 3 nitrogen and oxygen atoms in total. The fourth-order valence-corrected chi connectivity index (χ4v) is 3.29. The SMILES string of the molecule is Cc1ccc(Br)cc1-c1cc(C2CCNCC2)nn1C. The summed E-state index contributed by atoms with van der Waals surface area (Å²) in [5.74, 6) is 0.601. The molecule has 0 spiro atoms. The molecule has 1 N–H and O–H groups in total. The highest BCUT2D eigenvalue weighted by molar-refractivity contribution is 9.10. The van der Waals surface area contributed by atoms with Gasteiger partial charge in [0.1, 0.15) is 0 Å². The van der Waals surface area contributed by atoms with Crippen LogP contribution in [0.1, 0.15) is 30.0 Å². The van der Waals surface area contributed by atoms with Crippen LogP contribution in [0.5, 0.6) is 0 Å². The lowest BCUT2D eigenvalue weighted by atomic mass is 9.94. The van der Waals surface area contributed by atoms with Crippen molar-refractivity contribution in [3.05, 3.63) is 40.0 Å². The molecule has 2 heterocycles. The molecule has 0 saturated carbocycles. The Morgan fingerprint density at radius 1 is 1.25 bits per heavy atom. The topological polar surface area (TPSA) is 29.9 Å². The molecule has 0 amide bonds. The molecule has 1 aromatic heterocycles. The van der Waals surface area contributed by atoms with Crippen molar-refractivity contribution in [3.63, 3.8) is 0 Å². The first-order chi connectivity index (χ1) is 9.65. The molecular formula is C16H20BrN3. The molecule has 106 valence electrons. The van der Waals surface area contributed by atoms with Gasteiger partial charge in [-0.05, 0) is 56.6 Å². The minimum Gasteiger partial charge on any atom is -0.317 e. The van der Waals surface area contributed by atoms with Gasteiger partial charge < -0.3 is 5.32 Å². The van der Waals surface area contributed by atoms with Gasteiger partial charge in [-0.15, -0.1) is 0 Å². The molecule has 0 atom stereocenters. The number of halogens is 1. The van der Waals surface area contributed by atoms with E-state index in [1.807, 2.05) is 11.7 Å². The number of hydrogen-bond donors (Lipinski definition) is 1. The molecule has 0 bridgehead atoms. The summed E-state index contributed by atoms with van der Waals surface area (Å²) in [6.45, 7) is 4.36. The fraction of sp³-hybridized carbons (Fsp3) is 0.438. The number of nitrogens with zero attached hydrogens (tertiary/aromatic N) is 2. The third-order valence-electron chi connectivity index (χ3n) is 4.13. The highest BCUT2D eigenvalue weighted by Crippen LogP contribution is 2.31. The Kier molecular flexibility index (Phi) is 3.94. The van der Waals surface area contributed by atoms with Gasteiger partial charge in [-0.2, -0.15) is 5.10 Å². The van der Waals surface area contributed by atoms with Gasteiger partial charge in [-0.25, -0.2) is 0 Å². The van der Waals surface area contributed by atoms with Crippen LogP contribution in [0, 0.1) is 6.92 Å². The molecule has 2 aromatic rings. The number of nitrogens with one attached hydrogen (secondary N) is 1. The molecule has 1 saturated heterocycles. The molecule has 1 fully saturated rings. The van der Waals surface area contributed by atoms with E-state index >= 15 is 0 Å². The van der Waals surface area contributed by atoms with E-state index < -0.39 is 0 Å². The summed E-state index contributed by atoms with van der Waals surface area (Å²) in [6, 6.07) is 8.68. The van der Waals surface area contributed by atoms with Crippen LogP contribution in [0.25, 0.3) is 11.3 Å². The third-order valence-corrected chi connectivity index (χ3v) is 4.62. The van der Waals surface area contributed by atoms with Crippen molar-refractivity contribution in [1.29, 1.82) is 0 Å². The molecule has 20 heavy (non-hydrogen) atoms. The van der Waals surface area contributed by atoms with Crippen LogP contribution in [-0.4, -0.2) is 22.9 Å². The van der Waals surface area contributed by atoms with Crippen LogP contribution < -0.4 is 5.32 Å². The Balaban J connectivity index is 1.98. The van der Waals surface area contributed by atoms with Crippen molar-refractivity contribution in [2.75, 3.05) is 13.1 Å². The van der Waals surface area contributed by atoms with Crippen molar-refractivity contribution in [2.45, 2.75) is 25.7 Å². The second-order valence-electron chi connectivity index (χ2n) is 5.56. The van der Waals surface area contributed by atoms with E-state index in [4.69, 9.17) is 5.10 Å². The summed E-state index contributed by atoms with van der Waals surface area (Å²) >= 11 is 3.56. The lowest BCUT2D eigenvalue weighted by Gasteiger charge is -2.20. The van der Waals surface area contributed by atoms with E-state index in [2.05, 4.69) is 52.4 Å². The average molecular weight is 334 g/mol. The lowest BCUT2D eigenvalue weighted by Crippen LogP contribution is -2.26. The zero-order valence-electron chi connectivity index (χ0n) is 12.0. The van der Waals surface area contributed by atoms with E-state index in [1.165, 1.54) is 35.4 Å². The first-order valence-electron chi connectivity index (χ1n) is 7.16. The summed E-state index contributed by atoms with van der Waals surface area (Å²) in [4.78, 5) is 0. The minimum atomic E-state index is 0.601. The number of rotatable bonds is 2. The van der Waals surface area contributed by atoms with Crippen LogP contribution in [0.3, 0.4) is 0 Å². The van der Waals surface area contributed by atoms with Crippen molar-refractivity contribution < 1.29 is 0 Å². The summed E-state index contributed by atoms with van der Waals surface area (Å²) in [5, 5.41) is 8.17. The molecule has 1 aliphatic heterocycles. The number of aromatic nitrogens is 2. The summed E-state index contributed by atoms with van der Waals surface area (Å²) < 4.78 is 3.13. The predicted octanol–water partition coefficient (Wildman–Crippen LogP) is 3.63. The summed E-state index contributed by atoms with van der Waals surface area (Å²) in [6.07, 6.45) is 2.38. The summed E-state index contributed by atoms with van der Waals surface area (Å²) in [7, 11) is 2.04. The van der Waals surface area contributed by atoms with Crippen molar-refractivity contribution in [3.8, 4) is 11.3 Å². The van der Waals surface area contributed by atoms with E-state index in [0.717, 1.165) is 17.6 Å². The number of benzene rings is 1. The number of hydrogen-bond acceptors (Lipinski definition) is 2. The van der Waals surface area contributed by atoms with E-state index in [9.17, 15) is 0 Å². The molecule has 3 rings (SSSR count). The number of piperidine rings is 1. The Labute approximate surface area is 128 Å². The maximum absolute atomic E-state index is 4.76. The first-order valence-corrected chi connectivity index (χ1v) is 7.95. The maximum atomic E-state index is 4.76. The molecular weight excluding hydrogens is 314 g/mol. The highest BCUT2D eigenvalue weighted by atomic mass is 79.9. The Bertz CT molecular complexity index is 612. The highest BCUT2D eigenvalue weighted by Gasteiger charge is 2.20. The van der Waals surface area contributed by atoms with Crippen molar-refractivity contribution in [1.82, 2.24) is 15.1 Å². The predicted molar refractivity (Wildman–Crippen MR) is 85.9 cm³/mol. The van der Waals surface area contributed by atoms with E-state index in [0.29, 0.717) is 5.92 Å². The van der Waals surface area contributed by atoms with Crippen molar-refractivity contribution in [2.24, 2.45) is 7.05 Å². The summed E-state index contributed by atoms with van der Waals surface area (Å²) in [5.41, 5.74) is 4.99. The number of aryl methyl sites for hydroxylation is 2. The molecule has 0 aliphatic carbocycles. The second kappa shape index (κ2) is 5.70. The Morgan fingerprint density at radius 3 is 2.75 bits per heavy atom. The monoisotopic (exact) mass is 333 g/mol. The second-order valence-corrected chi connectivity index (χ2v) is 6.48. The molecule has 0 unspecified atom stereocenters. The van der Waals surface area contributed by atoms with Gasteiger partial charge in [-0.3, -0.25) is 4.68 Å². The maximum Gasteiger partial charge on any atom is 0.0684 e. The molecule has 1 aliphatic rings. The minimum absolute atomic E-state index is 0.601. The zero-order chi connectivity index (χ0) is 14.1. The molecule has 4 heteroatoms. The first kappa shape index (κ1) is 13.8. The van der Waals surface area contributed by atoms with E-state index in [-0.39, 0.29) is 0 Å². The fourth-order valence-electron chi connectivity index (χ4n) is 2.93. The molecule has 1 aromatic carbocycles. The van der Waals surface area contributed by atoms with Gasteiger partial charge >= 0.3 is 0 Å². The Morgan fingerprint density at radius 2 is 2.00 bits per heavy atom. The zero-order valence-corrected chi connectivity index (χ0v) is 13.6. The average Bonchev–Trinajstić information content (AvgIpc) is 2.84. The van der Waals surface area contributed by atoms with Gasteiger partial charge in [-0.1, -0.05) is 22.0 Å². The van der Waals surface area contributed by atoms with Crippen LogP contribution >= 0.6 is 15.9 Å². The van der Waals surface area contributed by atoms with Gasteiger partial charge in [0.25, 0.3) is 0 Å². The largest absolute Gasteiger partial charge is 0.317 e. The van der Waals surface area contributed by atoms with E-state index in [1.54, 1.807) is 0 Å². The quantitative estimate of drug-likeness (QED) is 0.909. The normalized spacial score (nSPS) is 16.6. The van der Waals surface area contributed by atoms with Crippen LogP contribution in [0.15, 0.2) is 28.7 Å². The smallest absolute Gasteiger partial charge is 0.0684 e. The van der Waals surface area contributed by atoms with Crippen molar-refractivity contribution >= 4 is 15.9 Å². The van der Waals surface area contributed by atoms with Crippen LogP contribution in [0.4, 0.5) is 0 Å². The third kappa shape index (κ3) is 2.67. The van der Waals surface area contributed by atoms with Gasteiger partial charge in [0.2, 0.25) is 0 Å². The standard InChI is InChI=1S/C16H20BrN3/c1-11-3-4-13(17)9-14(11)16-10-15(19-20(16)2)12-5-7-18-8-6-12/h3-4,9-10,12,18H,5-8H2,1-2H3. The Hall–Kier alpha value is -1.13. The van der Waals surface area contributed by atoms with Gasteiger partial charge in [0.05, 0.1) is 11.4 Å². The van der Waals surface area contributed by atoms with Crippen LogP contribution in [0.2, 0.25) is 0 Å². The van der Waals surface area contributed by atoms with Crippen LogP contribution in [-0.2, 0) is 7.05 Å². The van der Waals surface area contributed by atoms with Gasteiger partial charge in [0.15, 0.2) is 0 Å². The lowest BCUT2D eigenvalue weighted by molar-refractivity contribution is 0.450. The van der Waals surface area contributed by atoms with Gasteiger partial charge in [0, 0.05) is 23.0 Å². The molecule has 0 radical (unpaired) electrons.